The molecule has 1 saturated heterocycles. The summed E-state index contributed by atoms with van der Waals surface area (Å²) in [4.78, 5) is 15.1. The third-order valence-corrected chi connectivity index (χ3v) is 4.34. The molecule has 1 fully saturated rings. The maximum atomic E-state index is 11.0. The lowest BCUT2D eigenvalue weighted by Gasteiger charge is -2.36. The average Bonchev–Trinajstić information content (AvgIpc) is 2.49. The van der Waals surface area contributed by atoms with Crippen LogP contribution in [0.2, 0.25) is 5.02 Å². The molecule has 1 aliphatic rings. The molecule has 0 saturated carbocycles. The van der Waals surface area contributed by atoms with Gasteiger partial charge >= 0.3 is 0 Å². The molecule has 0 aromatic heterocycles. The molecule has 7 heteroatoms. The smallest absolute Gasteiger partial charge is 0.273 e. The molecule has 0 amide bonds. The topological polar surface area (TPSA) is 58.8 Å². The largest absolute Gasteiger partial charge is 0.377 e. The van der Waals surface area contributed by atoms with E-state index in [1.807, 2.05) is 19.9 Å². The van der Waals surface area contributed by atoms with Crippen LogP contribution in [0.3, 0.4) is 0 Å². The standard InChI is InChI=1S/C16H24ClN3O3/c1-12(2)23-9-8-18-4-6-19(7-5-18)16-10-13(3)15(20(21)22)11-14(16)17/h10-12H,4-9H2,1-3H3. The zero-order valence-electron chi connectivity index (χ0n) is 13.9. The number of anilines is 1. The van der Waals surface area contributed by atoms with Crippen LogP contribution in [0.1, 0.15) is 19.4 Å². The molecule has 1 aromatic rings. The monoisotopic (exact) mass is 341 g/mol. The number of aryl methyl sites for hydroxylation is 1. The highest BCUT2D eigenvalue weighted by Crippen LogP contribution is 2.33. The summed E-state index contributed by atoms with van der Waals surface area (Å²) in [5, 5.41) is 11.4. The van der Waals surface area contributed by atoms with Gasteiger partial charge in [-0.05, 0) is 26.8 Å². The van der Waals surface area contributed by atoms with Gasteiger partial charge in [-0.3, -0.25) is 15.0 Å². The number of hydrogen-bond donors (Lipinski definition) is 0. The first-order valence-electron chi connectivity index (χ1n) is 7.92. The lowest BCUT2D eigenvalue weighted by molar-refractivity contribution is -0.385. The molecule has 1 aliphatic heterocycles. The van der Waals surface area contributed by atoms with Crippen LogP contribution < -0.4 is 4.90 Å². The molecule has 6 nitrogen and oxygen atoms in total. The van der Waals surface area contributed by atoms with Crippen molar-refractivity contribution in [1.82, 2.24) is 4.90 Å². The molecular weight excluding hydrogens is 318 g/mol. The van der Waals surface area contributed by atoms with E-state index in [1.54, 1.807) is 6.92 Å². The molecular formula is C16H24ClN3O3. The number of hydrogen-bond acceptors (Lipinski definition) is 5. The first kappa shape index (κ1) is 18.0. The van der Waals surface area contributed by atoms with Crippen LogP contribution in [0.15, 0.2) is 12.1 Å². The van der Waals surface area contributed by atoms with Crippen LogP contribution in [0.25, 0.3) is 0 Å². The summed E-state index contributed by atoms with van der Waals surface area (Å²) >= 11 is 6.25. The van der Waals surface area contributed by atoms with Gasteiger partial charge in [-0.2, -0.15) is 0 Å². The lowest BCUT2D eigenvalue weighted by Crippen LogP contribution is -2.47. The Morgan fingerprint density at radius 1 is 1.30 bits per heavy atom. The minimum Gasteiger partial charge on any atom is -0.377 e. The van der Waals surface area contributed by atoms with Gasteiger partial charge in [0, 0.05) is 44.4 Å². The van der Waals surface area contributed by atoms with E-state index in [9.17, 15) is 10.1 Å². The Labute approximate surface area is 142 Å². The van der Waals surface area contributed by atoms with Crippen molar-refractivity contribution in [3.05, 3.63) is 32.8 Å². The van der Waals surface area contributed by atoms with Crippen molar-refractivity contribution in [2.75, 3.05) is 44.2 Å². The second-order valence-corrected chi connectivity index (χ2v) is 6.50. The number of nitrogens with zero attached hydrogens (tertiary/aromatic N) is 3. The van der Waals surface area contributed by atoms with Gasteiger partial charge < -0.3 is 9.64 Å². The Bertz CT molecular complexity index is 558. The minimum absolute atomic E-state index is 0.0724. The van der Waals surface area contributed by atoms with Crippen LogP contribution in [-0.4, -0.2) is 55.3 Å². The van der Waals surface area contributed by atoms with Crippen molar-refractivity contribution >= 4 is 23.0 Å². The van der Waals surface area contributed by atoms with E-state index in [1.165, 1.54) is 6.07 Å². The van der Waals surface area contributed by atoms with Gasteiger partial charge in [0.1, 0.15) is 0 Å². The van der Waals surface area contributed by atoms with Gasteiger partial charge in [0.2, 0.25) is 0 Å². The number of ether oxygens (including phenoxy) is 1. The molecule has 0 spiro atoms. The summed E-state index contributed by atoms with van der Waals surface area (Å²) in [7, 11) is 0. The van der Waals surface area contributed by atoms with E-state index in [0.717, 1.165) is 45.0 Å². The van der Waals surface area contributed by atoms with Crippen molar-refractivity contribution in [2.45, 2.75) is 26.9 Å². The quantitative estimate of drug-likeness (QED) is 0.587. The Kier molecular flexibility index (Phi) is 6.21. The van der Waals surface area contributed by atoms with Crippen LogP contribution in [0, 0.1) is 17.0 Å². The van der Waals surface area contributed by atoms with Crippen molar-refractivity contribution in [3.63, 3.8) is 0 Å². The minimum atomic E-state index is -0.391. The van der Waals surface area contributed by atoms with E-state index >= 15 is 0 Å². The zero-order valence-corrected chi connectivity index (χ0v) is 14.7. The van der Waals surface area contributed by atoms with Crippen molar-refractivity contribution in [1.29, 1.82) is 0 Å². The molecule has 0 aliphatic carbocycles. The molecule has 0 N–H and O–H groups in total. The van der Waals surface area contributed by atoms with Gasteiger partial charge in [0.25, 0.3) is 5.69 Å². The molecule has 0 unspecified atom stereocenters. The van der Waals surface area contributed by atoms with Gasteiger partial charge in [-0.15, -0.1) is 0 Å². The Morgan fingerprint density at radius 3 is 2.52 bits per heavy atom. The molecule has 1 heterocycles. The highest BCUT2D eigenvalue weighted by Gasteiger charge is 2.22. The van der Waals surface area contributed by atoms with E-state index < -0.39 is 4.92 Å². The van der Waals surface area contributed by atoms with Crippen molar-refractivity contribution < 1.29 is 9.66 Å². The molecule has 2 rings (SSSR count). The third-order valence-electron chi connectivity index (χ3n) is 4.03. The summed E-state index contributed by atoms with van der Waals surface area (Å²) in [6.07, 6.45) is 0.262. The normalized spacial score (nSPS) is 16.1. The first-order chi connectivity index (χ1) is 10.9. The van der Waals surface area contributed by atoms with Crippen molar-refractivity contribution in [3.8, 4) is 0 Å². The number of piperazine rings is 1. The SMILES string of the molecule is Cc1cc(N2CCN(CCOC(C)C)CC2)c(Cl)cc1[N+](=O)[O-]. The Balaban J connectivity index is 1.95. The molecule has 23 heavy (non-hydrogen) atoms. The van der Waals surface area contributed by atoms with Gasteiger partial charge in [-0.1, -0.05) is 11.6 Å². The maximum Gasteiger partial charge on any atom is 0.273 e. The van der Waals surface area contributed by atoms with Gasteiger partial charge in [0.15, 0.2) is 0 Å². The van der Waals surface area contributed by atoms with Gasteiger partial charge in [0.05, 0.1) is 28.3 Å². The second-order valence-electron chi connectivity index (χ2n) is 6.10. The van der Waals surface area contributed by atoms with Gasteiger partial charge in [-0.25, -0.2) is 0 Å². The Morgan fingerprint density at radius 2 is 1.96 bits per heavy atom. The summed E-state index contributed by atoms with van der Waals surface area (Å²) in [5.41, 5.74) is 1.60. The predicted molar refractivity (Wildman–Crippen MR) is 92.6 cm³/mol. The number of nitro benzene ring substituents is 1. The summed E-state index contributed by atoms with van der Waals surface area (Å²) in [6.45, 7) is 11.1. The fourth-order valence-electron chi connectivity index (χ4n) is 2.72. The van der Waals surface area contributed by atoms with Crippen LogP contribution in [0.4, 0.5) is 11.4 Å². The van der Waals surface area contributed by atoms with Crippen LogP contribution in [-0.2, 0) is 4.74 Å². The second kappa shape index (κ2) is 7.95. The number of halogens is 1. The number of rotatable bonds is 6. The van der Waals surface area contributed by atoms with E-state index in [-0.39, 0.29) is 11.8 Å². The molecule has 0 atom stereocenters. The highest BCUT2D eigenvalue weighted by molar-refractivity contribution is 6.33. The maximum absolute atomic E-state index is 11.0. The Hall–Kier alpha value is -1.37. The summed E-state index contributed by atoms with van der Waals surface area (Å²) in [6, 6.07) is 3.27. The van der Waals surface area contributed by atoms with E-state index in [0.29, 0.717) is 10.6 Å². The fourth-order valence-corrected chi connectivity index (χ4v) is 3.00. The third kappa shape index (κ3) is 4.80. The number of benzene rings is 1. The van der Waals surface area contributed by atoms with Crippen LogP contribution in [0.5, 0.6) is 0 Å². The molecule has 128 valence electrons. The summed E-state index contributed by atoms with van der Waals surface area (Å²) < 4.78 is 5.59. The van der Waals surface area contributed by atoms with Crippen LogP contribution >= 0.6 is 11.6 Å². The first-order valence-corrected chi connectivity index (χ1v) is 8.29. The zero-order chi connectivity index (χ0) is 17.0. The molecule has 0 radical (unpaired) electrons. The fraction of sp³-hybridized carbons (Fsp3) is 0.625. The molecule has 1 aromatic carbocycles. The lowest BCUT2D eigenvalue weighted by atomic mass is 10.1. The van der Waals surface area contributed by atoms with E-state index in [4.69, 9.17) is 16.3 Å². The molecule has 0 bridgehead atoms. The average molecular weight is 342 g/mol. The predicted octanol–water partition coefficient (Wildman–Crippen LogP) is 3.10. The van der Waals surface area contributed by atoms with E-state index in [2.05, 4.69) is 9.80 Å². The highest BCUT2D eigenvalue weighted by atomic mass is 35.5. The van der Waals surface area contributed by atoms with Crippen molar-refractivity contribution in [2.24, 2.45) is 0 Å². The summed E-state index contributed by atoms with van der Waals surface area (Å²) in [5.74, 6) is 0. The number of nitro groups is 1.